The number of aliphatic carboxylic acids is 1. The number of fused-ring (bicyclic) bond motifs is 1. The second-order valence-corrected chi connectivity index (χ2v) is 7.79. The number of morpholine rings is 1. The van der Waals surface area contributed by atoms with E-state index in [1.54, 1.807) is 0 Å². The number of H-pyrrole nitrogens is 1. The number of hydrogen-bond acceptors (Lipinski definition) is 7. The van der Waals surface area contributed by atoms with Gasteiger partial charge in [0.2, 0.25) is 5.91 Å². The Morgan fingerprint density at radius 1 is 1.25 bits per heavy atom. The van der Waals surface area contributed by atoms with E-state index in [4.69, 9.17) is 20.3 Å². The number of aromatic nitrogens is 1. The number of esters is 1. The minimum Gasteiger partial charge on any atom is -0.480 e. The Labute approximate surface area is 186 Å². The summed E-state index contributed by atoms with van der Waals surface area (Å²) < 4.78 is 10.8. The van der Waals surface area contributed by atoms with Gasteiger partial charge in [0.15, 0.2) is 0 Å². The highest BCUT2D eigenvalue weighted by molar-refractivity contribution is 5.87. The van der Waals surface area contributed by atoms with E-state index < -0.39 is 29.9 Å². The first kappa shape index (κ1) is 23.7. The van der Waals surface area contributed by atoms with Crippen LogP contribution in [0.4, 0.5) is 0 Å². The second-order valence-electron chi connectivity index (χ2n) is 7.79. The fourth-order valence-electron chi connectivity index (χ4n) is 3.59. The van der Waals surface area contributed by atoms with Crippen LogP contribution in [0.2, 0.25) is 0 Å². The van der Waals surface area contributed by atoms with E-state index in [1.165, 1.54) is 0 Å². The third-order valence-corrected chi connectivity index (χ3v) is 5.47. The van der Waals surface area contributed by atoms with E-state index in [-0.39, 0.29) is 25.9 Å². The number of carbonyl (C=O) groups is 3. The number of nitrogens with two attached hydrogens (primary N) is 1. The minimum absolute atomic E-state index is 0.0208. The van der Waals surface area contributed by atoms with Crippen molar-refractivity contribution in [2.45, 2.75) is 31.3 Å². The van der Waals surface area contributed by atoms with Gasteiger partial charge in [-0.25, -0.2) is 4.79 Å². The molecule has 0 radical (unpaired) electrons. The number of para-hydroxylation sites is 1. The number of rotatable bonds is 11. The molecule has 1 aromatic heterocycles. The van der Waals surface area contributed by atoms with Crippen LogP contribution in [-0.2, 0) is 30.3 Å². The molecule has 0 bridgehead atoms. The van der Waals surface area contributed by atoms with Gasteiger partial charge in [-0.1, -0.05) is 18.2 Å². The van der Waals surface area contributed by atoms with Crippen molar-refractivity contribution >= 4 is 28.7 Å². The highest BCUT2D eigenvalue weighted by Gasteiger charge is 2.25. The number of ether oxygens (including phenoxy) is 2. The van der Waals surface area contributed by atoms with Gasteiger partial charge in [0.25, 0.3) is 0 Å². The van der Waals surface area contributed by atoms with Crippen LogP contribution in [0.1, 0.15) is 18.4 Å². The Kier molecular flexibility index (Phi) is 8.60. The Morgan fingerprint density at radius 2 is 2.00 bits per heavy atom. The molecule has 1 aliphatic rings. The van der Waals surface area contributed by atoms with Crippen LogP contribution in [0.5, 0.6) is 0 Å². The lowest BCUT2D eigenvalue weighted by Gasteiger charge is -2.26. The van der Waals surface area contributed by atoms with Crippen LogP contribution >= 0.6 is 0 Å². The van der Waals surface area contributed by atoms with Gasteiger partial charge in [0.05, 0.1) is 13.2 Å². The van der Waals surface area contributed by atoms with Gasteiger partial charge < -0.3 is 30.6 Å². The molecular formula is C22H30N4O6. The predicted molar refractivity (Wildman–Crippen MR) is 117 cm³/mol. The van der Waals surface area contributed by atoms with Crippen molar-refractivity contribution in [3.05, 3.63) is 36.0 Å². The molecule has 2 aromatic rings. The normalized spacial score (nSPS) is 16.4. The zero-order chi connectivity index (χ0) is 22.9. The molecule has 2 heterocycles. The Balaban J connectivity index is 1.61. The summed E-state index contributed by atoms with van der Waals surface area (Å²) in [4.78, 5) is 41.4. The van der Waals surface area contributed by atoms with Gasteiger partial charge in [-0.2, -0.15) is 0 Å². The number of amides is 1. The maximum Gasteiger partial charge on any atom is 0.329 e. The molecule has 1 fully saturated rings. The molecule has 174 valence electrons. The first-order chi connectivity index (χ1) is 15.4. The molecule has 3 rings (SSSR count). The fourth-order valence-corrected chi connectivity index (χ4v) is 3.59. The van der Waals surface area contributed by atoms with Gasteiger partial charge in [-0.15, -0.1) is 0 Å². The first-order valence-electron chi connectivity index (χ1n) is 10.7. The highest BCUT2D eigenvalue weighted by atomic mass is 16.5. The first-order valence-corrected chi connectivity index (χ1v) is 10.7. The molecule has 1 unspecified atom stereocenters. The van der Waals surface area contributed by atoms with Crippen LogP contribution < -0.4 is 11.1 Å². The summed E-state index contributed by atoms with van der Waals surface area (Å²) in [5, 5.41) is 12.5. The Bertz CT molecular complexity index is 924. The van der Waals surface area contributed by atoms with Crippen molar-refractivity contribution in [2.24, 2.45) is 5.73 Å². The summed E-state index contributed by atoms with van der Waals surface area (Å²) in [6.07, 6.45) is 1.94. The van der Waals surface area contributed by atoms with Crippen molar-refractivity contribution in [3.8, 4) is 0 Å². The quantitative estimate of drug-likeness (QED) is 0.360. The summed E-state index contributed by atoms with van der Waals surface area (Å²) in [5.74, 6) is -2.15. The van der Waals surface area contributed by atoms with Gasteiger partial charge in [-0.05, 0) is 18.1 Å². The van der Waals surface area contributed by atoms with Gasteiger partial charge in [-0.3, -0.25) is 14.5 Å². The van der Waals surface area contributed by atoms with E-state index in [0.717, 1.165) is 29.6 Å². The molecule has 0 saturated carbocycles. The van der Waals surface area contributed by atoms with Crippen LogP contribution in [0.3, 0.4) is 0 Å². The molecular weight excluding hydrogens is 416 g/mol. The van der Waals surface area contributed by atoms with Crippen LogP contribution in [0.15, 0.2) is 30.5 Å². The van der Waals surface area contributed by atoms with Gasteiger partial charge in [0.1, 0.15) is 18.7 Å². The molecule has 1 aromatic carbocycles. The molecule has 1 amide bonds. The van der Waals surface area contributed by atoms with E-state index in [1.807, 2.05) is 30.5 Å². The lowest BCUT2D eigenvalue weighted by Crippen LogP contribution is -2.45. The van der Waals surface area contributed by atoms with E-state index in [2.05, 4.69) is 15.2 Å². The lowest BCUT2D eigenvalue weighted by molar-refractivity contribution is -0.148. The fraction of sp³-hybridized carbons (Fsp3) is 0.500. The summed E-state index contributed by atoms with van der Waals surface area (Å²) >= 11 is 0. The topological polar surface area (TPSA) is 147 Å². The predicted octanol–water partition coefficient (Wildman–Crippen LogP) is 0.263. The number of benzene rings is 1. The summed E-state index contributed by atoms with van der Waals surface area (Å²) in [6.45, 7) is 3.70. The zero-order valence-electron chi connectivity index (χ0n) is 17.9. The van der Waals surface area contributed by atoms with E-state index in [0.29, 0.717) is 19.8 Å². The lowest BCUT2D eigenvalue weighted by atomic mass is 10.0. The molecule has 32 heavy (non-hydrogen) atoms. The standard InChI is InChI=1S/C22H30N4O6/c23-17(21(28)29)5-6-20(27)25-19(13-15-14-24-18-4-2-1-3-16(15)18)22(30)32-12-9-26-7-10-31-11-8-26/h1-4,14,17,19,24H,5-13,23H2,(H,25,27)(H,28,29)/t17-,19?/m1/s1. The molecule has 10 nitrogen and oxygen atoms in total. The van der Waals surface area contributed by atoms with Crippen LogP contribution in [-0.4, -0.2) is 84.4 Å². The Morgan fingerprint density at radius 3 is 2.75 bits per heavy atom. The Hall–Kier alpha value is -2.95. The number of nitrogens with one attached hydrogen (secondary N) is 2. The third kappa shape index (κ3) is 6.78. The minimum atomic E-state index is -1.17. The summed E-state index contributed by atoms with van der Waals surface area (Å²) in [6, 6.07) is 5.66. The van der Waals surface area contributed by atoms with Crippen molar-refractivity contribution in [3.63, 3.8) is 0 Å². The zero-order valence-corrected chi connectivity index (χ0v) is 17.9. The molecule has 0 aliphatic carbocycles. The maximum atomic E-state index is 12.8. The van der Waals surface area contributed by atoms with E-state index in [9.17, 15) is 14.4 Å². The van der Waals surface area contributed by atoms with Crippen molar-refractivity contribution < 1.29 is 29.0 Å². The second kappa shape index (κ2) is 11.6. The van der Waals surface area contributed by atoms with Crippen LogP contribution in [0.25, 0.3) is 10.9 Å². The van der Waals surface area contributed by atoms with E-state index >= 15 is 0 Å². The van der Waals surface area contributed by atoms with Crippen LogP contribution in [0, 0.1) is 0 Å². The van der Waals surface area contributed by atoms with Crippen molar-refractivity contribution in [1.29, 1.82) is 0 Å². The SMILES string of the molecule is N[C@H](CCC(=O)NC(Cc1c[nH]c2ccccc12)C(=O)OCCN1CCOCC1)C(=O)O. The number of hydrogen-bond donors (Lipinski definition) is 4. The summed E-state index contributed by atoms with van der Waals surface area (Å²) in [7, 11) is 0. The molecule has 10 heteroatoms. The monoisotopic (exact) mass is 446 g/mol. The number of carboxylic acid groups (broad SMARTS) is 1. The maximum absolute atomic E-state index is 12.8. The average molecular weight is 447 g/mol. The molecule has 5 N–H and O–H groups in total. The van der Waals surface area contributed by atoms with Gasteiger partial charge >= 0.3 is 11.9 Å². The molecule has 1 saturated heterocycles. The number of nitrogens with zero attached hydrogens (tertiary/aromatic N) is 1. The summed E-state index contributed by atoms with van der Waals surface area (Å²) in [5.41, 5.74) is 7.28. The third-order valence-electron chi connectivity index (χ3n) is 5.47. The number of carbonyl (C=O) groups excluding carboxylic acids is 2. The van der Waals surface area contributed by atoms with Crippen molar-refractivity contribution in [2.75, 3.05) is 39.5 Å². The molecule has 2 atom stereocenters. The van der Waals surface area contributed by atoms with Gasteiger partial charge in [0, 0.05) is 49.6 Å². The largest absolute Gasteiger partial charge is 0.480 e. The average Bonchev–Trinajstić information content (AvgIpc) is 3.20. The molecule has 0 spiro atoms. The smallest absolute Gasteiger partial charge is 0.329 e. The number of aromatic amines is 1. The van der Waals surface area contributed by atoms with Crippen molar-refractivity contribution in [1.82, 2.24) is 15.2 Å². The number of carboxylic acids is 1. The molecule has 1 aliphatic heterocycles. The highest BCUT2D eigenvalue weighted by Crippen LogP contribution is 2.19.